The van der Waals surface area contributed by atoms with E-state index in [2.05, 4.69) is 196 Å². The molecular formula is C84H67Br3FN5OSi. The van der Waals surface area contributed by atoms with E-state index in [1.165, 1.54) is 28.4 Å². The van der Waals surface area contributed by atoms with Crippen LogP contribution in [0.4, 0.5) is 55.6 Å². The molecule has 95 heavy (non-hydrogen) atoms. The average Bonchev–Trinajstić information content (AvgIpc) is 0.725. The minimum Gasteiger partial charge on any atom is -0.497 e. The van der Waals surface area contributed by atoms with Gasteiger partial charge >= 0.3 is 0 Å². The summed E-state index contributed by atoms with van der Waals surface area (Å²) in [4.78, 5) is 15.3. The average molecular weight is 1460 g/mol. The van der Waals surface area contributed by atoms with Gasteiger partial charge in [0.2, 0.25) is 0 Å². The summed E-state index contributed by atoms with van der Waals surface area (Å²) in [5, 5.41) is 1.22. The second kappa shape index (κ2) is 30.4. The highest BCUT2D eigenvalue weighted by molar-refractivity contribution is 9.11. The highest BCUT2D eigenvalue weighted by Crippen LogP contribution is 2.41. The molecule has 0 aliphatic heterocycles. The van der Waals surface area contributed by atoms with E-state index < -0.39 is 26.2 Å². The van der Waals surface area contributed by atoms with Crippen LogP contribution in [-0.4, -0.2) is 25.2 Å². The molecule has 14 rings (SSSR count). The van der Waals surface area contributed by atoms with Crippen molar-refractivity contribution in [3.63, 3.8) is 0 Å². The van der Waals surface area contributed by atoms with Gasteiger partial charge in [-0.2, -0.15) is 0 Å². The number of hydrogen-bond donors (Lipinski definition) is 0. The maximum absolute atomic E-state index is 13.5. The fourth-order valence-corrected chi connectivity index (χ4v) is 12.7. The van der Waals surface area contributed by atoms with Gasteiger partial charge in [-0.15, -0.1) is 0 Å². The monoisotopic (exact) mass is 1450 g/mol. The summed E-state index contributed by atoms with van der Waals surface area (Å²) in [5.74, 6) is 1.25. The lowest BCUT2D eigenvalue weighted by Gasteiger charge is -2.28. The SMILES string of the molecule is Brc1ccc(-c2ccc(N(c3ccccc3)c3cnc(-c4ccccc4)nc3)cc2)cc1.COc1ccc(N(c2ccc(F)cc2)c2ccc(-c3ccc(Br)cc3)cc2)cc1.[2H]c1c([2H])c([2H])c2c(N(c3ccc(-c4ccc(Br)cc4)cc3)c3ccc([Si](C)(C)C)cc3)c([2H])c([2H])c([2H])c2c1[2H]. The quantitative estimate of drug-likeness (QED) is 0.0953. The summed E-state index contributed by atoms with van der Waals surface area (Å²) in [6.45, 7) is 6.77. The molecule has 466 valence electrons. The van der Waals surface area contributed by atoms with Crippen molar-refractivity contribution in [3.8, 4) is 50.5 Å². The lowest BCUT2D eigenvalue weighted by atomic mass is 10.0. The molecular weight excluding hydrogens is 1380 g/mol. The molecule has 0 unspecified atom stereocenters. The van der Waals surface area contributed by atoms with Crippen LogP contribution >= 0.6 is 47.8 Å². The maximum Gasteiger partial charge on any atom is 0.159 e. The van der Waals surface area contributed by atoms with Crippen LogP contribution in [0.15, 0.2) is 347 Å². The molecule has 1 heterocycles. The number of para-hydroxylation sites is 1. The predicted molar refractivity (Wildman–Crippen MR) is 411 cm³/mol. The largest absolute Gasteiger partial charge is 0.497 e. The number of rotatable bonds is 15. The maximum atomic E-state index is 13.5. The van der Waals surface area contributed by atoms with Gasteiger partial charge in [0, 0.05) is 64.2 Å². The zero-order valence-corrected chi connectivity index (χ0v) is 58.1. The first-order valence-corrected chi connectivity index (χ1v) is 36.5. The summed E-state index contributed by atoms with van der Waals surface area (Å²) in [6.07, 6.45) is 3.76. The second-order valence-corrected chi connectivity index (χ2v) is 30.9. The number of halogens is 4. The number of fused-ring (bicyclic) bond motifs is 1. The van der Waals surface area contributed by atoms with Gasteiger partial charge in [0.25, 0.3) is 0 Å². The van der Waals surface area contributed by atoms with E-state index in [1.807, 2.05) is 158 Å². The van der Waals surface area contributed by atoms with E-state index in [-0.39, 0.29) is 46.4 Å². The molecule has 0 aliphatic carbocycles. The van der Waals surface area contributed by atoms with Gasteiger partial charge in [-0.05, 0) is 190 Å². The number of benzene rings is 13. The summed E-state index contributed by atoms with van der Waals surface area (Å²) < 4.78 is 81.9. The Labute approximate surface area is 592 Å². The topological polar surface area (TPSA) is 44.7 Å². The molecule has 0 saturated heterocycles. The number of aromatic nitrogens is 2. The van der Waals surface area contributed by atoms with Crippen molar-refractivity contribution in [2.75, 3.05) is 21.8 Å². The Morgan fingerprint density at radius 2 is 0.705 bits per heavy atom. The zero-order valence-electron chi connectivity index (χ0n) is 59.4. The smallest absolute Gasteiger partial charge is 0.159 e. The molecule has 13 aromatic carbocycles. The van der Waals surface area contributed by atoms with Crippen molar-refractivity contribution < 1.29 is 18.7 Å². The van der Waals surface area contributed by atoms with E-state index in [0.717, 1.165) is 81.1 Å². The first kappa shape index (κ1) is 56.5. The molecule has 1 aromatic heterocycles. The van der Waals surface area contributed by atoms with Crippen LogP contribution in [0, 0.1) is 5.82 Å². The third-order valence-corrected chi connectivity index (χ3v) is 19.4. The number of methoxy groups -OCH3 is 1. The number of anilines is 9. The highest BCUT2D eigenvalue weighted by Gasteiger charge is 2.21. The molecule has 0 atom stereocenters. The van der Waals surface area contributed by atoms with Crippen molar-refractivity contribution >= 4 is 123 Å². The number of nitrogens with zero attached hydrogens (tertiary/aromatic N) is 5. The molecule has 6 nitrogen and oxygen atoms in total. The summed E-state index contributed by atoms with van der Waals surface area (Å²) in [7, 11) is 0.0325. The lowest BCUT2D eigenvalue weighted by molar-refractivity contribution is 0.415. The Bertz CT molecular complexity index is 5190. The van der Waals surface area contributed by atoms with Crippen molar-refractivity contribution in [1.82, 2.24) is 9.97 Å². The normalized spacial score (nSPS) is 12.0. The molecule has 0 saturated carbocycles. The van der Waals surface area contributed by atoms with Crippen LogP contribution < -0.4 is 24.6 Å². The minimum absolute atomic E-state index is 0.0493. The standard InChI is InChI=1S/C31H28BrNSi.C28H20BrN3.C25H19BrFNO/c1-34(2,3)29-21-19-28(20-22-29)33(31-10-6-8-25-7-4-5-9-30(25)31)27-17-13-24(14-18-27)23-11-15-26(32)16-12-23;29-24-15-11-21(12-16-24)22-13-17-26(18-14-22)32(25-9-5-2-6-10-25)27-19-30-28(31-20-27)23-7-3-1-4-8-23;1-29-25-16-14-24(15-17-25)28(23-12-8-21(27)9-13-23)22-10-4-19(5-11-22)18-2-6-20(26)7-3-18/h4-22H,1-3H3;1-20H;2-17H,1H3/i4D,5D,6D,7D,8D,9D,10D;;. The van der Waals surface area contributed by atoms with Crippen molar-refractivity contribution in [2.45, 2.75) is 19.6 Å². The van der Waals surface area contributed by atoms with E-state index in [9.17, 15) is 4.39 Å². The zero-order chi connectivity index (χ0) is 71.8. The molecule has 11 heteroatoms. The highest BCUT2D eigenvalue weighted by atomic mass is 79.9. The Morgan fingerprint density at radius 1 is 0.358 bits per heavy atom. The van der Waals surface area contributed by atoms with Gasteiger partial charge in [-0.1, -0.05) is 242 Å². The van der Waals surface area contributed by atoms with Crippen LogP contribution in [0.3, 0.4) is 0 Å². The third-order valence-electron chi connectivity index (χ3n) is 15.8. The van der Waals surface area contributed by atoms with Gasteiger partial charge in [0.1, 0.15) is 11.6 Å². The van der Waals surface area contributed by atoms with Crippen molar-refractivity contribution in [2.24, 2.45) is 0 Å². The Hall–Kier alpha value is -10.0. The van der Waals surface area contributed by atoms with E-state index in [1.54, 1.807) is 24.1 Å². The van der Waals surface area contributed by atoms with Crippen molar-refractivity contribution in [3.05, 3.63) is 353 Å². The fraction of sp³-hybridized carbons (Fsp3) is 0.0476. The fourth-order valence-electron chi connectivity index (χ4n) is 10.8. The Balaban J connectivity index is 0.000000147. The van der Waals surface area contributed by atoms with Crippen LogP contribution in [0.5, 0.6) is 5.75 Å². The van der Waals surface area contributed by atoms with Crippen LogP contribution in [0.1, 0.15) is 9.60 Å². The molecule has 0 bridgehead atoms. The summed E-state index contributed by atoms with van der Waals surface area (Å²) >= 11 is 10.4. The second-order valence-electron chi connectivity index (χ2n) is 23.1. The van der Waals surface area contributed by atoms with Gasteiger partial charge < -0.3 is 19.4 Å². The third kappa shape index (κ3) is 16.1. The lowest BCUT2D eigenvalue weighted by Crippen LogP contribution is -2.37. The van der Waals surface area contributed by atoms with Crippen LogP contribution in [-0.2, 0) is 0 Å². The van der Waals surface area contributed by atoms with Gasteiger partial charge in [-0.25, -0.2) is 14.4 Å². The number of hydrogen-bond acceptors (Lipinski definition) is 6. The molecule has 0 N–H and O–H groups in total. The number of ether oxygens (including phenoxy) is 1. The molecule has 0 fully saturated rings. The van der Waals surface area contributed by atoms with E-state index in [4.69, 9.17) is 14.3 Å². The predicted octanol–water partition coefficient (Wildman–Crippen LogP) is 25.1. The van der Waals surface area contributed by atoms with Gasteiger partial charge in [0.15, 0.2) is 5.82 Å². The summed E-state index contributed by atoms with van der Waals surface area (Å²) in [5.41, 5.74) is 15.0. The molecule has 0 aliphatic rings. The molecule has 14 aromatic rings. The van der Waals surface area contributed by atoms with Crippen molar-refractivity contribution in [1.29, 1.82) is 0 Å². The first-order chi connectivity index (χ1) is 49.2. The minimum atomic E-state index is -1.61. The molecule has 0 radical (unpaired) electrons. The van der Waals surface area contributed by atoms with E-state index >= 15 is 0 Å². The van der Waals surface area contributed by atoms with Crippen LogP contribution in [0.2, 0.25) is 19.6 Å². The van der Waals surface area contributed by atoms with Gasteiger partial charge in [0.05, 0.1) is 48.5 Å². The van der Waals surface area contributed by atoms with E-state index in [0.29, 0.717) is 17.2 Å². The van der Waals surface area contributed by atoms with Crippen LogP contribution in [0.25, 0.3) is 55.5 Å². The Morgan fingerprint density at radius 3 is 1.14 bits per heavy atom. The summed E-state index contributed by atoms with van der Waals surface area (Å²) in [6, 6.07) is 89.1. The van der Waals surface area contributed by atoms with Gasteiger partial charge in [-0.3, -0.25) is 0 Å². The Kier molecular flexibility index (Phi) is 18.1. The molecule has 0 amide bonds. The molecule has 0 spiro atoms. The first-order valence-electron chi connectivity index (χ1n) is 34.1.